The van der Waals surface area contributed by atoms with Gasteiger partial charge in [-0.3, -0.25) is 0 Å². The SMILES string of the molecule is CCOC(=O)c1cc(I)cc(C(F)(F)F)c1. The lowest BCUT2D eigenvalue weighted by Gasteiger charge is -2.09. The molecule has 0 saturated carbocycles. The van der Waals surface area contributed by atoms with Crippen LogP contribution in [-0.2, 0) is 10.9 Å². The van der Waals surface area contributed by atoms with Gasteiger partial charge >= 0.3 is 12.1 Å². The standard InChI is InChI=1S/C10H8F3IO2/c1-2-16-9(15)6-3-7(10(11,12)13)5-8(14)4-6/h3-5H,2H2,1H3. The molecule has 0 fully saturated rings. The lowest BCUT2D eigenvalue weighted by atomic mass is 10.1. The van der Waals surface area contributed by atoms with Crippen LogP contribution in [0, 0.1) is 3.57 Å². The predicted octanol–water partition coefficient (Wildman–Crippen LogP) is 3.49. The van der Waals surface area contributed by atoms with Gasteiger partial charge in [0.2, 0.25) is 0 Å². The second kappa shape index (κ2) is 5.03. The van der Waals surface area contributed by atoms with E-state index in [0.29, 0.717) is 3.57 Å². The smallest absolute Gasteiger partial charge is 0.416 e. The summed E-state index contributed by atoms with van der Waals surface area (Å²) in [5, 5.41) is 0. The molecule has 0 aliphatic rings. The average Bonchev–Trinajstić information content (AvgIpc) is 2.16. The van der Waals surface area contributed by atoms with Crippen LogP contribution < -0.4 is 0 Å². The molecular formula is C10H8F3IO2. The van der Waals surface area contributed by atoms with Crippen molar-refractivity contribution in [3.8, 4) is 0 Å². The molecule has 0 heterocycles. The molecule has 1 rings (SSSR count). The van der Waals surface area contributed by atoms with Crippen molar-refractivity contribution in [3.05, 3.63) is 32.9 Å². The molecule has 1 aromatic carbocycles. The fourth-order valence-electron chi connectivity index (χ4n) is 1.09. The van der Waals surface area contributed by atoms with Gasteiger partial charge in [-0.15, -0.1) is 0 Å². The number of halogens is 4. The number of esters is 1. The highest BCUT2D eigenvalue weighted by Crippen LogP contribution is 2.31. The van der Waals surface area contributed by atoms with Crippen LogP contribution >= 0.6 is 22.6 Å². The first kappa shape index (κ1) is 13.3. The lowest BCUT2D eigenvalue weighted by molar-refractivity contribution is -0.137. The zero-order valence-electron chi connectivity index (χ0n) is 8.27. The van der Waals surface area contributed by atoms with E-state index in [1.54, 1.807) is 29.5 Å². The van der Waals surface area contributed by atoms with Gasteiger partial charge in [0.25, 0.3) is 0 Å². The molecule has 0 spiro atoms. The number of rotatable bonds is 2. The van der Waals surface area contributed by atoms with E-state index in [1.807, 2.05) is 0 Å². The summed E-state index contributed by atoms with van der Waals surface area (Å²) in [4.78, 5) is 11.3. The number of carbonyl (C=O) groups excluding carboxylic acids is 1. The van der Waals surface area contributed by atoms with Gasteiger partial charge in [0.05, 0.1) is 17.7 Å². The van der Waals surface area contributed by atoms with Crippen LogP contribution in [0.5, 0.6) is 0 Å². The summed E-state index contributed by atoms with van der Waals surface area (Å²) in [6, 6.07) is 3.12. The van der Waals surface area contributed by atoms with E-state index in [1.165, 1.54) is 6.07 Å². The van der Waals surface area contributed by atoms with E-state index in [-0.39, 0.29) is 12.2 Å². The molecule has 88 valence electrons. The third-order valence-corrected chi connectivity index (χ3v) is 2.36. The minimum Gasteiger partial charge on any atom is -0.462 e. The molecule has 0 bridgehead atoms. The summed E-state index contributed by atoms with van der Waals surface area (Å²) in [6.07, 6.45) is -4.46. The number of alkyl halides is 3. The monoisotopic (exact) mass is 344 g/mol. The zero-order chi connectivity index (χ0) is 12.3. The largest absolute Gasteiger partial charge is 0.462 e. The van der Waals surface area contributed by atoms with Gasteiger partial charge in [-0.1, -0.05) is 0 Å². The Morgan fingerprint density at radius 3 is 2.50 bits per heavy atom. The van der Waals surface area contributed by atoms with Gasteiger partial charge in [-0.05, 0) is 47.7 Å². The van der Waals surface area contributed by atoms with E-state index in [2.05, 4.69) is 4.74 Å². The fraction of sp³-hybridized carbons (Fsp3) is 0.300. The maximum absolute atomic E-state index is 12.4. The van der Waals surface area contributed by atoms with Crippen LogP contribution in [0.25, 0.3) is 0 Å². The molecule has 6 heteroatoms. The summed E-state index contributed by atoms with van der Waals surface area (Å²) >= 11 is 1.73. The highest BCUT2D eigenvalue weighted by molar-refractivity contribution is 14.1. The van der Waals surface area contributed by atoms with Crippen LogP contribution in [0.15, 0.2) is 18.2 Å². The van der Waals surface area contributed by atoms with Crippen LogP contribution in [0.4, 0.5) is 13.2 Å². The first-order chi connectivity index (χ1) is 7.34. The Labute approximate surface area is 104 Å². The Kier molecular flexibility index (Phi) is 4.17. The third-order valence-electron chi connectivity index (χ3n) is 1.74. The molecule has 0 amide bonds. The highest BCUT2D eigenvalue weighted by atomic mass is 127. The van der Waals surface area contributed by atoms with Crippen molar-refractivity contribution in [3.63, 3.8) is 0 Å². The molecule has 0 aromatic heterocycles. The van der Waals surface area contributed by atoms with Crippen molar-refractivity contribution in [1.82, 2.24) is 0 Å². The van der Waals surface area contributed by atoms with Crippen molar-refractivity contribution in [2.75, 3.05) is 6.61 Å². The van der Waals surface area contributed by atoms with Crippen molar-refractivity contribution >= 4 is 28.6 Å². The first-order valence-electron chi connectivity index (χ1n) is 4.39. The number of benzene rings is 1. The Morgan fingerprint density at radius 2 is 2.00 bits per heavy atom. The summed E-state index contributed by atoms with van der Waals surface area (Å²) in [5.74, 6) is -0.744. The second-order valence-electron chi connectivity index (χ2n) is 2.95. The highest BCUT2D eigenvalue weighted by Gasteiger charge is 2.31. The number of hydrogen-bond donors (Lipinski definition) is 0. The van der Waals surface area contributed by atoms with E-state index >= 15 is 0 Å². The Balaban J connectivity index is 3.13. The number of ether oxygens (including phenoxy) is 1. The quantitative estimate of drug-likeness (QED) is 0.607. The first-order valence-corrected chi connectivity index (χ1v) is 5.47. The molecule has 1 aromatic rings. The van der Waals surface area contributed by atoms with Crippen LogP contribution in [0.3, 0.4) is 0 Å². The van der Waals surface area contributed by atoms with Crippen LogP contribution in [0.2, 0.25) is 0 Å². The second-order valence-corrected chi connectivity index (χ2v) is 4.19. The summed E-state index contributed by atoms with van der Waals surface area (Å²) in [6.45, 7) is 1.72. The van der Waals surface area contributed by atoms with Crippen molar-refractivity contribution in [2.24, 2.45) is 0 Å². The Bertz CT molecular complexity index is 402. The minimum absolute atomic E-state index is 0.0823. The van der Waals surface area contributed by atoms with Gasteiger partial charge in [-0.2, -0.15) is 13.2 Å². The summed E-state index contributed by atoms with van der Waals surface area (Å²) in [5.41, 5.74) is -0.927. The molecule has 2 nitrogen and oxygen atoms in total. The van der Waals surface area contributed by atoms with Crippen molar-refractivity contribution in [2.45, 2.75) is 13.1 Å². The molecular weight excluding hydrogens is 336 g/mol. The van der Waals surface area contributed by atoms with Crippen LogP contribution in [-0.4, -0.2) is 12.6 Å². The normalized spacial score (nSPS) is 11.3. The predicted molar refractivity (Wildman–Crippen MR) is 60.1 cm³/mol. The molecule has 0 N–H and O–H groups in total. The summed E-state index contributed by atoms with van der Waals surface area (Å²) < 4.78 is 42.3. The molecule has 0 aliphatic heterocycles. The molecule has 0 unspecified atom stereocenters. The van der Waals surface area contributed by atoms with Gasteiger partial charge in [-0.25, -0.2) is 4.79 Å². The number of hydrogen-bond acceptors (Lipinski definition) is 2. The average molecular weight is 344 g/mol. The number of carbonyl (C=O) groups is 1. The van der Waals surface area contributed by atoms with E-state index < -0.39 is 17.7 Å². The Hall–Kier alpha value is -0.790. The topological polar surface area (TPSA) is 26.3 Å². The van der Waals surface area contributed by atoms with Gasteiger partial charge in [0, 0.05) is 3.57 Å². The van der Waals surface area contributed by atoms with E-state index in [0.717, 1.165) is 12.1 Å². The fourth-order valence-corrected chi connectivity index (χ4v) is 1.76. The third kappa shape index (κ3) is 3.36. The van der Waals surface area contributed by atoms with Crippen molar-refractivity contribution < 1.29 is 22.7 Å². The molecule has 16 heavy (non-hydrogen) atoms. The van der Waals surface area contributed by atoms with Crippen molar-refractivity contribution in [1.29, 1.82) is 0 Å². The van der Waals surface area contributed by atoms with Gasteiger partial charge in [0.1, 0.15) is 0 Å². The summed E-state index contributed by atoms with van der Waals surface area (Å²) in [7, 11) is 0. The van der Waals surface area contributed by atoms with Gasteiger partial charge in [0.15, 0.2) is 0 Å². The zero-order valence-corrected chi connectivity index (χ0v) is 10.4. The minimum atomic E-state index is -4.46. The molecule has 0 atom stereocenters. The lowest BCUT2D eigenvalue weighted by Crippen LogP contribution is -2.10. The van der Waals surface area contributed by atoms with E-state index in [4.69, 9.17) is 0 Å². The molecule has 0 saturated heterocycles. The maximum atomic E-state index is 12.4. The molecule has 0 radical (unpaired) electrons. The maximum Gasteiger partial charge on any atom is 0.416 e. The van der Waals surface area contributed by atoms with Crippen LogP contribution in [0.1, 0.15) is 22.8 Å². The Morgan fingerprint density at radius 1 is 1.38 bits per heavy atom. The molecule has 0 aliphatic carbocycles. The van der Waals surface area contributed by atoms with E-state index in [9.17, 15) is 18.0 Å². The van der Waals surface area contributed by atoms with Gasteiger partial charge < -0.3 is 4.74 Å².